The number of nitrogens with one attached hydrogen (secondary N) is 1. The maximum Gasteiger partial charge on any atom is 0.246 e. The lowest BCUT2D eigenvalue weighted by molar-refractivity contribution is -0.122. The van der Waals surface area contributed by atoms with Crippen molar-refractivity contribution in [3.63, 3.8) is 0 Å². The van der Waals surface area contributed by atoms with Crippen LogP contribution in [-0.4, -0.2) is 23.5 Å². The van der Waals surface area contributed by atoms with Crippen molar-refractivity contribution in [2.75, 3.05) is 12.4 Å². The van der Waals surface area contributed by atoms with E-state index < -0.39 is 5.54 Å². The number of nitrogens with two attached hydrogens (primary N) is 1. The van der Waals surface area contributed by atoms with Crippen molar-refractivity contribution in [1.82, 2.24) is 4.98 Å². The van der Waals surface area contributed by atoms with Crippen molar-refractivity contribution in [2.45, 2.75) is 44.6 Å². The van der Waals surface area contributed by atoms with Crippen LogP contribution in [0.25, 0.3) is 11.3 Å². The molecular formula is C18H23N3O2S. The first-order chi connectivity index (χ1) is 11.5. The Morgan fingerprint density at radius 2 is 2.08 bits per heavy atom. The molecule has 0 spiro atoms. The standard InChI is InChI=1S/C18H23N3O2S/c1-12-6-7-15(23-2)13(10-12)14-11-24-17(20-14)21-16(22)18(19)8-4-3-5-9-18/h6-7,10-11H,3-5,8-9,19H2,1-2H3,(H,20,21,22). The zero-order chi connectivity index (χ0) is 17.2. The predicted octanol–water partition coefficient (Wildman–Crippen LogP) is 3.73. The molecule has 128 valence electrons. The van der Waals surface area contributed by atoms with Crippen LogP contribution >= 0.6 is 11.3 Å². The highest BCUT2D eigenvalue weighted by atomic mass is 32.1. The third-order valence-electron chi connectivity index (χ3n) is 4.55. The van der Waals surface area contributed by atoms with E-state index in [2.05, 4.69) is 10.3 Å². The molecule has 6 heteroatoms. The number of hydrogen-bond donors (Lipinski definition) is 2. The zero-order valence-corrected chi connectivity index (χ0v) is 14.9. The molecule has 1 aromatic heterocycles. The van der Waals surface area contributed by atoms with Crippen LogP contribution in [0.3, 0.4) is 0 Å². The van der Waals surface area contributed by atoms with Crippen LogP contribution in [0.1, 0.15) is 37.7 Å². The van der Waals surface area contributed by atoms with E-state index in [9.17, 15) is 4.79 Å². The van der Waals surface area contributed by atoms with Gasteiger partial charge in [-0.3, -0.25) is 4.79 Å². The minimum Gasteiger partial charge on any atom is -0.496 e. The first kappa shape index (κ1) is 16.9. The highest BCUT2D eigenvalue weighted by Crippen LogP contribution is 2.34. The lowest BCUT2D eigenvalue weighted by Crippen LogP contribution is -2.52. The van der Waals surface area contributed by atoms with Gasteiger partial charge in [0.25, 0.3) is 0 Å². The molecule has 0 atom stereocenters. The number of benzene rings is 1. The third kappa shape index (κ3) is 3.44. The summed E-state index contributed by atoms with van der Waals surface area (Å²) in [5.41, 5.74) is 8.37. The van der Waals surface area contributed by atoms with Gasteiger partial charge in [0.2, 0.25) is 5.91 Å². The van der Waals surface area contributed by atoms with Gasteiger partial charge in [0.1, 0.15) is 5.75 Å². The van der Waals surface area contributed by atoms with Gasteiger partial charge < -0.3 is 15.8 Å². The number of ether oxygens (including phenoxy) is 1. The van der Waals surface area contributed by atoms with Gasteiger partial charge in [-0.05, 0) is 31.9 Å². The van der Waals surface area contributed by atoms with Crippen molar-refractivity contribution in [3.8, 4) is 17.0 Å². The van der Waals surface area contributed by atoms with Crippen molar-refractivity contribution in [3.05, 3.63) is 29.1 Å². The second-order valence-electron chi connectivity index (χ2n) is 6.41. The molecule has 0 bridgehead atoms. The number of rotatable bonds is 4. The average molecular weight is 345 g/mol. The molecule has 1 amide bonds. The van der Waals surface area contributed by atoms with E-state index in [1.807, 2.05) is 30.5 Å². The molecule has 0 aliphatic heterocycles. The highest BCUT2D eigenvalue weighted by Gasteiger charge is 2.35. The number of nitrogens with zero attached hydrogens (tertiary/aromatic N) is 1. The van der Waals surface area contributed by atoms with E-state index in [-0.39, 0.29) is 5.91 Å². The Bertz CT molecular complexity index is 736. The first-order valence-electron chi connectivity index (χ1n) is 8.23. The Hall–Kier alpha value is -1.92. The number of methoxy groups -OCH3 is 1. The Morgan fingerprint density at radius 1 is 1.33 bits per heavy atom. The molecule has 1 fully saturated rings. The number of anilines is 1. The molecule has 3 rings (SSSR count). The fourth-order valence-electron chi connectivity index (χ4n) is 3.11. The van der Waals surface area contributed by atoms with E-state index in [1.165, 1.54) is 11.3 Å². The summed E-state index contributed by atoms with van der Waals surface area (Å²) in [6, 6.07) is 5.96. The van der Waals surface area contributed by atoms with Crippen LogP contribution in [0.4, 0.5) is 5.13 Å². The third-order valence-corrected chi connectivity index (χ3v) is 5.31. The molecule has 1 aromatic carbocycles. The summed E-state index contributed by atoms with van der Waals surface area (Å²) in [4.78, 5) is 17.1. The van der Waals surface area contributed by atoms with Crippen molar-refractivity contribution >= 4 is 22.4 Å². The van der Waals surface area contributed by atoms with Gasteiger partial charge >= 0.3 is 0 Å². The maximum atomic E-state index is 12.5. The molecule has 1 aliphatic carbocycles. The fraction of sp³-hybridized carbons (Fsp3) is 0.444. The molecule has 5 nitrogen and oxygen atoms in total. The van der Waals surface area contributed by atoms with E-state index >= 15 is 0 Å². The van der Waals surface area contributed by atoms with Gasteiger partial charge in [0.05, 0.1) is 18.3 Å². The van der Waals surface area contributed by atoms with Crippen LogP contribution in [0, 0.1) is 6.92 Å². The number of carbonyl (C=O) groups is 1. The Kier molecular flexibility index (Phi) is 4.87. The summed E-state index contributed by atoms with van der Waals surface area (Å²) in [5.74, 6) is 0.644. The quantitative estimate of drug-likeness (QED) is 0.885. The molecule has 24 heavy (non-hydrogen) atoms. The first-order valence-corrected chi connectivity index (χ1v) is 9.11. The fourth-order valence-corrected chi connectivity index (χ4v) is 3.81. The predicted molar refractivity (Wildman–Crippen MR) is 97.5 cm³/mol. The lowest BCUT2D eigenvalue weighted by Gasteiger charge is -2.31. The SMILES string of the molecule is COc1ccc(C)cc1-c1csc(NC(=O)C2(N)CCCCC2)n1. The molecular weight excluding hydrogens is 322 g/mol. The molecule has 1 heterocycles. The smallest absolute Gasteiger partial charge is 0.246 e. The van der Waals surface area contributed by atoms with E-state index in [4.69, 9.17) is 10.5 Å². The van der Waals surface area contributed by atoms with Crippen LogP contribution < -0.4 is 15.8 Å². The topological polar surface area (TPSA) is 77.2 Å². The number of aromatic nitrogens is 1. The Balaban J connectivity index is 1.79. The average Bonchev–Trinajstić information content (AvgIpc) is 3.04. The van der Waals surface area contributed by atoms with Crippen molar-refractivity contribution < 1.29 is 9.53 Å². The van der Waals surface area contributed by atoms with Gasteiger partial charge in [-0.15, -0.1) is 11.3 Å². The van der Waals surface area contributed by atoms with E-state index in [0.29, 0.717) is 5.13 Å². The number of aryl methyl sites for hydroxylation is 1. The van der Waals surface area contributed by atoms with Crippen molar-refractivity contribution in [1.29, 1.82) is 0 Å². The molecule has 0 unspecified atom stereocenters. The van der Waals surface area contributed by atoms with Gasteiger partial charge in [-0.2, -0.15) is 0 Å². The second kappa shape index (κ2) is 6.91. The maximum absolute atomic E-state index is 12.5. The second-order valence-corrected chi connectivity index (χ2v) is 7.27. The molecule has 0 radical (unpaired) electrons. The number of carbonyl (C=O) groups excluding carboxylic acids is 1. The van der Waals surface area contributed by atoms with Crippen molar-refractivity contribution in [2.24, 2.45) is 5.73 Å². The normalized spacial score (nSPS) is 16.6. The molecule has 1 saturated carbocycles. The summed E-state index contributed by atoms with van der Waals surface area (Å²) in [7, 11) is 1.64. The van der Waals surface area contributed by atoms with Crippen LogP contribution in [0.2, 0.25) is 0 Å². The monoisotopic (exact) mass is 345 g/mol. The highest BCUT2D eigenvalue weighted by molar-refractivity contribution is 7.14. The van der Waals surface area contributed by atoms with Gasteiger partial charge in [-0.25, -0.2) is 4.98 Å². The molecule has 3 N–H and O–H groups in total. The van der Waals surface area contributed by atoms with Gasteiger partial charge in [-0.1, -0.05) is 30.9 Å². The summed E-state index contributed by atoms with van der Waals surface area (Å²) < 4.78 is 5.41. The van der Waals surface area contributed by atoms with Crippen LogP contribution in [-0.2, 0) is 4.79 Å². The van der Waals surface area contributed by atoms with Crippen LogP contribution in [0.15, 0.2) is 23.6 Å². The summed E-state index contributed by atoms with van der Waals surface area (Å²) in [5, 5.41) is 5.40. The summed E-state index contributed by atoms with van der Waals surface area (Å²) >= 11 is 1.41. The van der Waals surface area contributed by atoms with E-state index in [1.54, 1.807) is 7.11 Å². The number of hydrogen-bond acceptors (Lipinski definition) is 5. The van der Waals surface area contributed by atoms with Crippen LogP contribution in [0.5, 0.6) is 5.75 Å². The minimum absolute atomic E-state index is 0.126. The lowest BCUT2D eigenvalue weighted by atomic mass is 9.82. The molecule has 2 aromatic rings. The summed E-state index contributed by atoms with van der Waals surface area (Å²) in [6.07, 6.45) is 4.65. The molecule has 0 saturated heterocycles. The summed E-state index contributed by atoms with van der Waals surface area (Å²) in [6.45, 7) is 2.03. The Labute approximate surface area is 146 Å². The number of amides is 1. The largest absolute Gasteiger partial charge is 0.496 e. The number of thiazole rings is 1. The molecule has 1 aliphatic rings. The Morgan fingerprint density at radius 3 is 2.79 bits per heavy atom. The minimum atomic E-state index is -0.759. The van der Waals surface area contributed by atoms with E-state index in [0.717, 1.165) is 54.7 Å². The zero-order valence-electron chi connectivity index (χ0n) is 14.1. The van der Waals surface area contributed by atoms with Gasteiger partial charge in [0, 0.05) is 10.9 Å². The van der Waals surface area contributed by atoms with Gasteiger partial charge in [0.15, 0.2) is 5.13 Å².